The van der Waals surface area contributed by atoms with Crippen LogP contribution in [0.3, 0.4) is 0 Å². The summed E-state index contributed by atoms with van der Waals surface area (Å²) < 4.78 is 1.97. The SMILES string of the molecule is Cn1cnc2cnc3sc(-c4cccc(C(C)(C)NC(=O)C5(N)CC5)c4)nc3c21. The Bertz CT molecular complexity index is 1270. The Labute approximate surface area is 172 Å². The number of rotatable bonds is 4. The molecule has 3 aromatic heterocycles. The molecule has 7 nitrogen and oxygen atoms in total. The molecule has 0 bridgehead atoms. The highest BCUT2D eigenvalue weighted by Crippen LogP contribution is 2.36. The summed E-state index contributed by atoms with van der Waals surface area (Å²) in [6, 6.07) is 8.12. The molecule has 1 aliphatic rings. The van der Waals surface area contributed by atoms with Crippen LogP contribution in [0.15, 0.2) is 36.8 Å². The topological polar surface area (TPSA) is 98.7 Å². The summed E-state index contributed by atoms with van der Waals surface area (Å²) in [6.45, 7) is 3.99. The highest BCUT2D eigenvalue weighted by molar-refractivity contribution is 7.21. The van der Waals surface area contributed by atoms with E-state index < -0.39 is 11.1 Å². The van der Waals surface area contributed by atoms with Gasteiger partial charge in [0.2, 0.25) is 5.91 Å². The third-order valence-electron chi connectivity index (χ3n) is 5.60. The lowest BCUT2D eigenvalue weighted by molar-refractivity contribution is -0.125. The van der Waals surface area contributed by atoms with Gasteiger partial charge in [-0.1, -0.05) is 29.5 Å². The summed E-state index contributed by atoms with van der Waals surface area (Å²) in [7, 11) is 1.96. The van der Waals surface area contributed by atoms with Crippen molar-refractivity contribution >= 4 is 38.6 Å². The number of carbonyl (C=O) groups excluding carboxylic acids is 1. The molecule has 3 heterocycles. The van der Waals surface area contributed by atoms with E-state index in [9.17, 15) is 4.79 Å². The van der Waals surface area contributed by atoms with Gasteiger partial charge in [0.25, 0.3) is 0 Å². The van der Waals surface area contributed by atoms with Crippen LogP contribution in [0.1, 0.15) is 32.3 Å². The van der Waals surface area contributed by atoms with Crippen LogP contribution in [-0.4, -0.2) is 31.0 Å². The van der Waals surface area contributed by atoms with Gasteiger partial charge in [-0.2, -0.15) is 0 Å². The van der Waals surface area contributed by atoms with Gasteiger partial charge >= 0.3 is 0 Å². The summed E-state index contributed by atoms with van der Waals surface area (Å²) in [5.41, 5.74) is 9.51. The number of nitrogens with two attached hydrogens (primary N) is 1. The van der Waals surface area contributed by atoms with Gasteiger partial charge in [-0.15, -0.1) is 0 Å². The minimum absolute atomic E-state index is 0.0873. The Kier molecular flexibility index (Phi) is 3.81. The van der Waals surface area contributed by atoms with Gasteiger partial charge in [0.05, 0.1) is 29.1 Å². The molecule has 148 valence electrons. The maximum absolute atomic E-state index is 12.5. The van der Waals surface area contributed by atoms with E-state index >= 15 is 0 Å². The molecule has 4 aromatic rings. The molecule has 29 heavy (non-hydrogen) atoms. The molecule has 8 heteroatoms. The summed E-state index contributed by atoms with van der Waals surface area (Å²) in [6.07, 6.45) is 5.06. The second-order valence-electron chi connectivity index (χ2n) is 8.34. The molecule has 0 radical (unpaired) electrons. The molecule has 0 unspecified atom stereocenters. The lowest BCUT2D eigenvalue weighted by Crippen LogP contribution is -2.50. The van der Waals surface area contributed by atoms with E-state index in [1.165, 1.54) is 0 Å². The quantitative estimate of drug-likeness (QED) is 0.543. The number of benzene rings is 1. The number of fused-ring (bicyclic) bond motifs is 3. The Hall–Kier alpha value is -2.84. The molecule has 1 saturated carbocycles. The minimum Gasteiger partial charge on any atom is -0.346 e. The van der Waals surface area contributed by atoms with Gasteiger partial charge < -0.3 is 15.6 Å². The average Bonchev–Trinajstić information content (AvgIpc) is 3.13. The van der Waals surface area contributed by atoms with E-state index in [4.69, 9.17) is 10.7 Å². The molecule has 1 aromatic carbocycles. The van der Waals surface area contributed by atoms with Crippen molar-refractivity contribution in [2.75, 3.05) is 0 Å². The van der Waals surface area contributed by atoms with Gasteiger partial charge in [0.1, 0.15) is 20.9 Å². The van der Waals surface area contributed by atoms with Crippen molar-refractivity contribution in [1.82, 2.24) is 24.8 Å². The standard InChI is InChI=1S/C21H22N6OS/c1-20(2,26-19(28)21(22)7-8-21)13-6-4-5-12(9-13)17-25-15-16-14(24-11-27(16)3)10-23-18(15)29-17/h4-6,9-11H,7-8,22H2,1-3H3,(H,26,28). The molecule has 0 saturated heterocycles. The van der Waals surface area contributed by atoms with Crippen LogP contribution in [0.4, 0.5) is 0 Å². The number of nitrogens with one attached hydrogen (secondary N) is 1. The summed E-state index contributed by atoms with van der Waals surface area (Å²) >= 11 is 1.55. The molecule has 1 amide bonds. The summed E-state index contributed by atoms with van der Waals surface area (Å²) in [4.78, 5) is 27.1. The van der Waals surface area contributed by atoms with Crippen LogP contribution in [-0.2, 0) is 17.4 Å². The third-order valence-corrected chi connectivity index (χ3v) is 6.61. The van der Waals surface area contributed by atoms with Crippen LogP contribution < -0.4 is 11.1 Å². The zero-order valence-corrected chi connectivity index (χ0v) is 17.4. The lowest BCUT2D eigenvalue weighted by atomic mass is 9.92. The van der Waals surface area contributed by atoms with E-state index in [2.05, 4.69) is 21.4 Å². The molecular formula is C21H22N6OS. The zero-order valence-electron chi connectivity index (χ0n) is 16.6. The second kappa shape index (κ2) is 6.08. The normalized spacial score (nSPS) is 15.7. The number of carbonyl (C=O) groups is 1. The molecule has 0 atom stereocenters. The van der Waals surface area contributed by atoms with Crippen LogP contribution >= 0.6 is 11.3 Å². The Morgan fingerprint density at radius 3 is 2.86 bits per heavy atom. The number of aromatic nitrogens is 4. The Morgan fingerprint density at radius 1 is 1.31 bits per heavy atom. The maximum atomic E-state index is 12.5. The van der Waals surface area contributed by atoms with E-state index in [1.807, 2.05) is 43.7 Å². The number of imidazole rings is 1. The number of hydrogen-bond acceptors (Lipinski definition) is 6. The van der Waals surface area contributed by atoms with Gasteiger partial charge in [0.15, 0.2) is 0 Å². The van der Waals surface area contributed by atoms with Crippen molar-refractivity contribution in [1.29, 1.82) is 0 Å². The van der Waals surface area contributed by atoms with Gasteiger partial charge in [-0.25, -0.2) is 15.0 Å². The first-order valence-electron chi connectivity index (χ1n) is 9.56. The van der Waals surface area contributed by atoms with Crippen molar-refractivity contribution < 1.29 is 4.79 Å². The maximum Gasteiger partial charge on any atom is 0.240 e. The highest BCUT2D eigenvalue weighted by atomic mass is 32.1. The van der Waals surface area contributed by atoms with Gasteiger partial charge in [-0.05, 0) is 38.3 Å². The second-order valence-corrected chi connectivity index (χ2v) is 9.31. The van der Waals surface area contributed by atoms with E-state index in [0.717, 1.165) is 50.4 Å². The first-order chi connectivity index (χ1) is 13.8. The molecule has 1 fully saturated rings. The Morgan fingerprint density at radius 2 is 2.10 bits per heavy atom. The van der Waals surface area contributed by atoms with Crippen LogP contribution in [0.2, 0.25) is 0 Å². The number of hydrogen-bond donors (Lipinski definition) is 2. The van der Waals surface area contributed by atoms with Gasteiger partial charge in [0, 0.05) is 12.6 Å². The largest absolute Gasteiger partial charge is 0.346 e. The van der Waals surface area contributed by atoms with Crippen LogP contribution in [0.25, 0.3) is 32.0 Å². The zero-order chi connectivity index (χ0) is 20.4. The van der Waals surface area contributed by atoms with Crippen molar-refractivity contribution in [3.63, 3.8) is 0 Å². The minimum atomic E-state index is -0.692. The molecule has 3 N–H and O–H groups in total. The monoisotopic (exact) mass is 406 g/mol. The lowest BCUT2D eigenvalue weighted by Gasteiger charge is -2.29. The first-order valence-corrected chi connectivity index (χ1v) is 10.4. The predicted octanol–water partition coefficient (Wildman–Crippen LogP) is 3.09. The first kappa shape index (κ1) is 18.2. The van der Waals surface area contributed by atoms with Crippen LogP contribution in [0.5, 0.6) is 0 Å². The van der Waals surface area contributed by atoms with Crippen molar-refractivity contribution in [3.8, 4) is 10.6 Å². The van der Waals surface area contributed by atoms with Crippen molar-refractivity contribution in [2.24, 2.45) is 12.8 Å². The van der Waals surface area contributed by atoms with Crippen molar-refractivity contribution in [3.05, 3.63) is 42.4 Å². The van der Waals surface area contributed by atoms with Crippen LogP contribution in [0, 0.1) is 0 Å². The smallest absolute Gasteiger partial charge is 0.240 e. The number of amides is 1. The number of nitrogens with zero attached hydrogens (tertiary/aromatic N) is 4. The third kappa shape index (κ3) is 2.99. The fraction of sp³-hybridized carbons (Fsp3) is 0.333. The summed E-state index contributed by atoms with van der Waals surface area (Å²) in [5, 5.41) is 3.99. The number of thiazole rings is 1. The fourth-order valence-corrected chi connectivity index (χ4v) is 4.42. The number of aryl methyl sites for hydroxylation is 1. The average molecular weight is 407 g/mol. The highest BCUT2D eigenvalue weighted by Gasteiger charge is 2.47. The Balaban J connectivity index is 1.53. The summed E-state index contributed by atoms with van der Waals surface area (Å²) in [5.74, 6) is -0.0873. The van der Waals surface area contributed by atoms with Gasteiger partial charge in [-0.3, -0.25) is 4.79 Å². The molecular weight excluding hydrogens is 384 g/mol. The molecule has 1 aliphatic carbocycles. The molecule has 0 spiro atoms. The van der Waals surface area contributed by atoms with E-state index in [0.29, 0.717) is 0 Å². The molecule has 5 rings (SSSR count). The van der Waals surface area contributed by atoms with E-state index in [1.54, 1.807) is 23.9 Å². The van der Waals surface area contributed by atoms with Crippen molar-refractivity contribution in [2.45, 2.75) is 37.8 Å². The van der Waals surface area contributed by atoms with E-state index in [-0.39, 0.29) is 5.91 Å². The molecule has 0 aliphatic heterocycles. The predicted molar refractivity (Wildman–Crippen MR) is 114 cm³/mol. The fourth-order valence-electron chi connectivity index (χ4n) is 3.51. The number of pyridine rings is 1.